The van der Waals surface area contributed by atoms with Gasteiger partial charge in [-0.15, -0.1) is 0 Å². The lowest BCUT2D eigenvalue weighted by molar-refractivity contribution is 0.227. The maximum atomic E-state index is 5.95. The van der Waals surface area contributed by atoms with Crippen molar-refractivity contribution in [2.24, 2.45) is 0 Å². The molecule has 0 saturated carbocycles. The highest BCUT2D eigenvalue weighted by atomic mass is 35.5. The number of thiocarbonyl (C=S) groups is 1. The van der Waals surface area contributed by atoms with Gasteiger partial charge >= 0.3 is 0 Å². The van der Waals surface area contributed by atoms with E-state index in [-0.39, 0.29) is 0 Å². The molecule has 21 heavy (non-hydrogen) atoms. The van der Waals surface area contributed by atoms with Crippen LogP contribution in [0.25, 0.3) is 0 Å². The van der Waals surface area contributed by atoms with E-state index in [4.69, 9.17) is 35.4 Å². The zero-order valence-electron chi connectivity index (χ0n) is 12.0. The summed E-state index contributed by atoms with van der Waals surface area (Å²) in [6.07, 6.45) is 5.15. The summed E-state index contributed by atoms with van der Waals surface area (Å²) in [5, 5.41) is 8.11. The van der Waals surface area contributed by atoms with Gasteiger partial charge in [-0.1, -0.05) is 29.6 Å². The van der Waals surface area contributed by atoms with Crippen molar-refractivity contribution in [3.63, 3.8) is 0 Å². The van der Waals surface area contributed by atoms with Crippen molar-refractivity contribution in [1.29, 1.82) is 0 Å². The van der Waals surface area contributed by atoms with E-state index >= 15 is 0 Å². The van der Waals surface area contributed by atoms with E-state index in [2.05, 4.69) is 15.5 Å². The maximum Gasteiger partial charge on any atom is 0.170 e. The molecule has 0 spiro atoms. The van der Waals surface area contributed by atoms with Gasteiger partial charge in [-0.25, -0.2) is 0 Å². The molecule has 1 aromatic rings. The topological polar surface area (TPSA) is 27.3 Å². The predicted molar refractivity (Wildman–Crippen MR) is 95.6 cm³/mol. The number of piperidine rings is 1. The fraction of sp³-hybridized carbons (Fsp3) is 0.533. The molecule has 1 saturated heterocycles. The molecule has 0 radical (unpaired) electrons. The van der Waals surface area contributed by atoms with Gasteiger partial charge in [0.2, 0.25) is 0 Å². The zero-order valence-corrected chi connectivity index (χ0v) is 14.3. The Morgan fingerprint density at radius 1 is 1.10 bits per heavy atom. The van der Waals surface area contributed by atoms with E-state index in [0.29, 0.717) is 15.2 Å². The average Bonchev–Trinajstić information content (AvgIpc) is 2.43. The largest absolute Gasteiger partial charge is 0.362 e. The van der Waals surface area contributed by atoms with Gasteiger partial charge < -0.3 is 15.5 Å². The minimum absolute atomic E-state index is 0.595. The van der Waals surface area contributed by atoms with Crippen molar-refractivity contribution in [2.75, 3.05) is 31.5 Å². The van der Waals surface area contributed by atoms with E-state index in [0.717, 1.165) is 25.2 Å². The highest BCUT2D eigenvalue weighted by Gasteiger charge is 2.09. The number of hydrogen-bond donors (Lipinski definition) is 2. The monoisotopic (exact) mass is 345 g/mol. The second kappa shape index (κ2) is 8.79. The second-order valence-electron chi connectivity index (χ2n) is 5.29. The lowest BCUT2D eigenvalue weighted by Gasteiger charge is -2.26. The van der Waals surface area contributed by atoms with Gasteiger partial charge in [-0.3, -0.25) is 0 Å². The molecule has 1 aliphatic rings. The standard InChI is InChI=1S/C15H21Cl2N3S/c16-12-9-13(17)11-14(10-12)19-15(21)18-5-4-8-20-6-2-1-3-7-20/h9-11H,1-8H2,(H2,18,19,21). The van der Waals surface area contributed by atoms with Crippen molar-refractivity contribution < 1.29 is 0 Å². The molecular weight excluding hydrogens is 325 g/mol. The molecule has 0 unspecified atom stereocenters. The van der Waals surface area contributed by atoms with Gasteiger partial charge in [0.15, 0.2) is 5.11 Å². The van der Waals surface area contributed by atoms with E-state index in [1.54, 1.807) is 18.2 Å². The lowest BCUT2D eigenvalue weighted by atomic mass is 10.1. The number of likely N-dealkylation sites (tertiary alicyclic amines) is 1. The SMILES string of the molecule is S=C(NCCCN1CCCCC1)Nc1cc(Cl)cc(Cl)c1. The normalized spacial score (nSPS) is 15.7. The minimum Gasteiger partial charge on any atom is -0.362 e. The molecular formula is C15H21Cl2N3S. The molecule has 0 aromatic heterocycles. The summed E-state index contributed by atoms with van der Waals surface area (Å²) in [5.74, 6) is 0. The number of nitrogens with one attached hydrogen (secondary N) is 2. The molecule has 2 rings (SSSR count). The van der Waals surface area contributed by atoms with Gasteiger partial charge in [-0.2, -0.15) is 0 Å². The molecule has 1 aliphatic heterocycles. The number of hydrogen-bond acceptors (Lipinski definition) is 2. The zero-order chi connectivity index (χ0) is 15.1. The van der Waals surface area contributed by atoms with E-state index in [9.17, 15) is 0 Å². The summed E-state index contributed by atoms with van der Waals surface area (Å²) < 4.78 is 0. The van der Waals surface area contributed by atoms with Crippen LogP contribution in [0.1, 0.15) is 25.7 Å². The van der Waals surface area contributed by atoms with Crippen LogP contribution in [0, 0.1) is 0 Å². The van der Waals surface area contributed by atoms with Crippen LogP contribution in [-0.4, -0.2) is 36.2 Å². The molecule has 3 nitrogen and oxygen atoms in total. The van der Waals surface area contributed by atoms with Gasteiger partial charge in [-0.05, 0) is 69.3 Å². The maximum absolute atomic E-state index is 5.95. The molecule has 6 heteroatoms. The number of rotatable bonds is 5. The van der Waals surface area contributed by atoms with Crippen LogP contribution < -0.4 is 10.6 Å². The van der Waals surface area contributed by atoms with Crippen LogP contribution in [0.5, 0.6) is 0 Å². The predicted octanol–water partition coefficient (Wildman–Crippen LogP) is 4.16. The van der Waals surface area contributed by atoms with Gasteiger partial charge in [0.1, 0.15) is 0 Å². The van der Waals surface area contributed by atoms with Crippen molar-refractivity contribution in [3.05, 3.63) is 28.2 Å². The fourth-order valence-electron chi connectivity index (χ4n) is 2.49. The Hall–Kier alpha value is -0.550. The van der Waals surface area contributed by atoms with E-state index < -0.39 is 0 Å². The number of halogens is 2. The van der Waals surface area contributed by atoms with Gasteiger partial charge in [0.25, 0.3) is 0 Å². The summed E-state index contributed by atoms with van der Waals surface area (Å²) in [6.45, 7) is 4.49. The number of nitrogens with zero attached hydrogens (tertiary/aromatic N) is 1. The number of anilines is 1. The molecule has 0 amide bonds. The van der Waals surface area contributed by atoms with Crippen LogP contribution in [0.3, 0.4) is 0 Å². The summed E-state index contributed by atoms with van der Waals surface area (Å²) in [5.41, 5.74) is 0.807. The third kappa shape index (κ3) is 6.39. The first kappa shape index (κ1) is 16.8. The van der Waals surface area contributed by atoms with Crippen LogP contribution in [0.4, 0.5) is 5.69 Å². The fourth-order valence-corrected chi connectivity index (χ4v) is 3.23. The van der Waals surface area contributed by atoms with E-state index in [1.807, 2.05) is 0 Å². The second-order valence-corrected chi connectivity index (χ2v) is 6.58. The Morgan fingerprint density at radius 2 is 1.76 bits per heavy atom. The molecule has 116 valence electrons. The molecule has 1 heterocycles. The van der Waals surface area contributed by atoms with Gasteiger partial charge in [0.05, 0.1) is 0 Å². The first-order valence-electron chi connectivity index (χ1n) is 7.37. The van der Waals surface area contributed by atoms with Crippen molar-refractivity contribution in [3.8, 4) is 0 Å². The summed E-state index contributed by atoms with van der Waals surface area (Å²) in [7, 11) is 0. The van der Waals surface area contributed by atoms with Crippen LogP contribution in [-0.2, 0) is 0 Å². The van der Waals surface area contributed by atoms with Crippen molar-refractivity contribution in [1.82, 2.24) is 10.2 Å². The minimum atomic E-state index is 0.595. The van der Waals surface area contributed by atoms with Crippen molar-refractivity contribution >= 4 is 46.2 Å². The quantitative estimate of drug-likeness (QED) is 0.619. The highest BCUT2D eigenvalue weighted by Crippen LogP contribution is 2.22. The molecule has 2 N–H and O–H groups in total. The first-order chi connectivity index (χ1) is 10.1. The van der Waals surface area contributed by atoms with Gasteiger partial charge in [0, 0.05) is 22.3 Å². The lowest BCUT2D eigenvalue weighted by Crippen LogP contribution is -2.34. The smallest absolute Gasteiger partial charge is 0.170 e. The van der Waals surface area contributed by atoms with Crippen LogP contribution in [0.15, 0.2) is 18.2 Å². The molecule has 0 aliphatic carbocycles. The Morgan fingerprint density at radius 3 is 2.43 bits per heavy atom. The Kier molecular flexibility index (Phi) is 7.04. The molecule has 0 bridgehead atoms. The molecule has 1 aromatic carbocycles. The Labute approximate surface area is 142 Å². The van der Waals surface area contributed by atoms with E-state index in [1.165, 1.54) is 32.4 Å². The van der Waals surface area contributed by atoms with Crippen molar-refractivity contribution in [2.45, 2.75) is 25.7 Å². The highest BCUT2D eigenvalue weighted by molar-refractivity contribution is 7.80. The first-order valence-corrected chi connectivity index (χ1v) is 8.53. The Bertz CT molecular complexity index is 456. The van der Waals surface area contributed by atoms with Crippen LogP contribution in [0.2, 0.25) is 10.0 Å². The third-order valence-electron chi connectivity index (χ3n) is 3.51. The molecule has 0 atom stereocenters. The summed E-state index contributed by atoms with van der Waals surface area (Å²) >= 11 is 17.2. The Balaban J connectivity index is 1.65. The molecule has 1 fully saturated rings. The van der Waals surface area contributed by atoms with Crippen LogP contribution >= 0.6 is 35.4 Å². The average molecular weight is 346 g/mol. The summed E-state index contributed by atoms with van der Waals surface area (Å²) in [4.78, 5) is 2.53. The third-order valence-corrected chi connectivity index (χ3v) is 4.19. The summed E-state index contributed by atoms with van der Waals surface area (Å²) in [6, 6.07) is 5.30. The number of benzene rings is 1.